The fourth-order valence-corrected chi connectivity index (χ4v) is 3.21. The van der Waals surface area contributed by atoms with Crippen LogP contribution >= 0.6 is 15.9 Å². The molecule has 0 heterocycles. The molecule has 2 rings (SSSR count). The summed E-state index contributed by atoms with van der Waals surface area (Å²) in [5.74, 6) is -2.85. The van der Waals surface area contributed by atoms with E-state index < -0.39 is 29.6 Å². The number of carboxylic acid groups (broad SMARTS) is 1. The Bertz CT molecular complexity index is 959. The Morgan fingerprint density at radius 1 is 1.03 bits per heavy atom. The number of halogens is 2. The molecule has 2 amide bonds. The van der Waals surface area contributed by atoms with E-state index in [1.807, 2.05) is 0 Å². The number of carboxylic acids is 1. The second-order valence-electron chi connectivity index (χ2n) is 7.28. The molecule has 0 saturated heterocycles. The van der Waals surface area contributed by atoms with E-state index in [0.29, 0.717) is 17.5 Å². The van der Waals surface area contributed by atoms with Crippen LogP contribution in [0.25, 0.3) is 6.08 Å². The normalized spacial score (nSPS) is 12.2. The van der Waals surface area contributed by atoms with Crippen molar-refractivity contribution in [1.82, 2.24) is 10.6 Å². The third-order valence-electron chi connectivity index (χ3n) is 4.73. The van der Waals surface area contributed by atoms with Crippen LogP contribution in [-0.2, 0) is 9.59 Å². The molecule has 170 valence electrons. The van der Waals surface area contributed by atoms with Crippen LogP contribution in [0.15, 0.2) is 58.7 Å². The van der Waals surface area contributed by atoms with Crippen molar-refractivity contribution in [3.63, 3.8) is 0 Å². The molecule has 6 nitrogen and oxygen atoms in total. The summed E-state index contributed by atoms with van der Waals surface area (Å²) in [6.45, 7) is 2.05. The summed E-state index contributed by atoms with van der Waals surface area (Å²) in [4.78, 5) is 37.2. The van der Waals surface area contributed by atoms with Crippen molar-refractivity contribution in [2.24, 2.45) is 0 Å². The summed E-state index contributed by atoms with van der Waals surface area (Å²) in [6.07, 6.45) is 5.19. The second kappa shape index (κ2) is 12.8. The Kier molecular flexibility index (Phi) is 10.1. The fourth-order valence-electron chi connectivity index (χ4n) is 2.95. The van der Waals surface area contributed by atoms with Gasteiger partial charge in [-0.1, -0.05) is 60.7 Å². The molecule has 0 aromatic heterocycles. The highest BCUT2D eigenvalue weighted by atomic mass is 79.9. The largest absolute Gasteiger partial charge is 0.480 e. The van der Waals surface area contributed by atoms with Crippen LogP contribution in [0.1, 0.15) is 54.9 Å². The molecular formula is C24H26BrFN2O4. The molecule has 2 aromatic carbocycles. The highest BCUT2D eigenvalue weighted by Crippen LogP contribution is 2.13. The Hall–Kier alpha value is -3.00. The van der Waals surface area contributed by atoms with Gasteiger partial charge in [-0.25, -0.2) is 9.18 Å². The molecule has 0 bridgehead atoms. The van der Waals surface area contributed by atoms with Gasteiger partial charge in [-0.15, -0.1) is 0 Å². The average molecular weight is 505 g/mol. The van der Waals surface area contributed by atoms with E-state index >= 15 is 0 Å². The minimum atomic E-state index is -1.14. The van der Waals surface area contributed by atoms with E-state index in [4.69, 9.17) is 0 Å². The first kappa shape index (κ1) is 25.3. The summed E-state index contributed by atoms with van der Waals surface area (Å²) in [7, 11) is 0. The van der Waals surface area contributed by atoms with Crippen LogP contribution in [0.2, 0.25) is 0 Å². The minimum absolute atomic E-state index is 0.135. The van der Waals surface area contributed by atoms with E-state index in [2.05, 4.69) is 33.5 Å². The molecule has 32 heavy (non-hydrogen) atoms. The van der Waals surface area contributed by atoms with E-state index in [0.717, 1.165) is 23.7 Å². The molecule has 8 heteroatoms. The molecule has 0 fully saturated rings. The summed E-state index contributed by atoms with van der Waals surface area (Å²) < 4.78 is 14.0. The van der Waals surface area contributed by atoms with Crippen LogP contribution < -0.4 is 10.6 Å². The maximum absolute atomic E-state index is 13.2. The zero-order valence-electron chi connectivity index (χ0n) is 17.7. The van der Waals surface area contributed by atoms with Gasteiger partial charge in [-0.3, -0.25) is 9.59 Å². The smallest absolute Gasteiger partial charge is 0.326 e. The van der Waals surface area contributed by atoms with Crippen molar-refractivity contribution in [3.05, 3.63) is 75.6 Å². The Balaban J connectivity index is 2.22. The molecule has 0 aliphatic heterocycles. The van der Waals surface area contributed by atoms with Crippen molar-refractivity contribution in [1.29, 1.82) is 0 Å². The zero-order valence-corrected chi connectivity index (χ0v) is 19.3. The monoisotopic (exact) mass is 504 g/mol. The lowest BCUT2D eigenvalue weighted by Crippen LogP contribution is -2.44. The summed E-state index contributed by atoms with van der Waals surface area (Å²) in [6, 6.07) is 10.8. The molecule has 1 atom stereocenters. The van der Waals surface area contributed by atoms with Gasteiger partial charge >= 0.3 is 5.97 Å². The van der Waals surface area contributed by atoms with Crippen LogP contribution in [0.5, 0.6) is 0 Å². The van der Waals surface area contributed by atoms with Gasteiger partial charge in [-0.2, -0.15) is 0 Å². The predicted octanol–water partition coefficient (Wildman–Crippen LogP) is 4.90. The second-order valence-corrected chi connectivity index (χ2v) is 8.20. The lowest BCUT2D eigenvalue weighted by atomic mass is 10.1. The number of carbonyl (C=O) groups excluding carboxylic acids is 2. The molecule has 0 unspecified atom stereocenters. The number of amides is 2. The van der Waals surface area contributed by atoms with Gasteiger partial charge in [0.2, 0.25) is 0 Å². The predicted molar refractivity (Wildman–Crippen MR) is 124 cm³/mol. The number of hydrogen-bond donors (Lipinski definition) is 3. The summed E-state index contributed by atoms with van der Waals surface area (Å²) in [5.41, 5.74) is 0.659. The number of carbonyl (C=O) groups is 3. The zero-order chi connectivity index (χ0) is 23.5. The van der Waals surface area contributed by atoms with E-state index in [1.165, 1.54) is 30.3 Å². The maximum atomic E-state index is 13.2. The fraction of sp³-hybridized carbons (Fsp3) is 0.292. The molecule has 0 saturated carbocycles. The van der Waals surface area contributed by atoms with Crippen molar-refractivity contribution in [2.75, 3.05) is 0 Å². The van der Waals surface area contributed by atoms with E-state index in [1.54, 1.807) is 24.3 Å². The lowest BCUT2D eigenvalue weighted by Gasteiger charge is -2.17. The van der Waals surface area contributed by atoms with Crippen LogP contribution in [0.4, 0.5) is 4.39 Å². The van der Waals surface area contributed by atoms with Gasteiger partial charge in [0, 0.05) is 10.0 Å². The summed E-state index contributed by atoms with van der Waals surface area (Å²) in [5, 5.41) is 14.5. The number of hydrogen-bond acceptors (Lipinski definition) is 3. The highest BCUT2D eigenvalue weighted by Gasteiger charge is 2.23. The first-order valence-electron chi connectivity index (χ1n) is 10.4. The van der Waals surface area contributed by atoms with Gasteiger partial charge in [0.1, 0.15) is 17.6 Å². The van der Waals surface area contributed by atoms with Crippen molar-refractivity contribution in [3.8, 4) is 0 Å². The Labute approximate surface area is 195 Å². The first-order chi connectivity index (χ1) is 15.3. The Morgan fingerprint density at radius 2 is 1.69 bits per heavy atom. The van der Waals surface area contributed by atoms with E-state index in [9.17, 15) is 23.9 Å². The van der Waals surface area contributed by atoms with Crippen molar-refractivity contribution >= 4 is 39.8 Å². The minimum Gasteiger partial charge on any atom is -0.480 e. The highest BCUT2D eigenvalue weighted by molar-refractivity contribution is 9.10. The van der Waals surface area contributed by atoms with Gasteiger partial charge in [0.05, 0.1) is 0 Å². The van der Waals surface area contributed by atoms with Crippen molar-refractivity contribution < 1.29 is 23.9 Å². The average Bonchev–Trinajstić information content (AvgIpc) is 2.77. The molecule has 2 aromatic rings. The standard InChI is InChI=1S/C24H26BrFN2O4/c1-2-3-4-5-6-20(24(31)32)27-23(30)21(15-16-7-13-19(26)14-8-16)28-22(29)17-9-11-18(25)12-10-17/h7-15,20H,2-6H2,1H3,(H,27,30)(H,28,29)(H,31,32)/b21-15+/t20-/m0/s1. The summed E-state index contributed by atoms with van der Waals surface area (Å²) >= 11 is 3.30. The third-order valence-corrected chi connectivity index (χ3v) is 5.26. The Morgan fingerprint density at radius 3 is 2.28 bits per heavy atom. The molecule has 3 N–H and O–H groups in total. The molecular weight excluding hydrogens is 479 g/mol. The maximum Gasteiger partial charge on any atom is 0.326 e. The lowest BCUT2D eigenvalue weighted by molar-refractivity contribution is -0.141. The molecule has 0 aliphatic carbocycles. The van der Waals surface area contributed by atoms with Gasteiger partial charge < -0.3 is 15.7 Å². The van der Waals surface area contributed by atoms with Crippen LogP contribution in [-0.4, -0.2) is 28.9 Å². The van der Waals surface area contributed by atoms with E-state index in [-0.39, 0.29) is 12.1 Å². The third kappa shape index (κ3) is 8.26. The number of aliphatic carboxylic acids is 1. The van der Waals surface area contributed by atoms with Gasteiger partial charge in [-0.05, 0) is 54.5 Å². The first-order valence-corrected chi connectivity index (χ1v) is 11.2. The topological polar surface area (TPSA) is 95.5 Å². The number of benzene rings is 2. The van der Waals surface area contributed by atoms with Crippen molar-refractivity contribution in [2.45, 2.75) is 45.1 Å². The molecule has 0 radical (unpaired) electrons. The van der Waals surface area contributed by atoms with Gasteiger partial charge in [0.15, 0.2) is 0 Å². The van der Waals surface area contributed by atoms with Crippen LogP contribution in [0.3, 0.4) is 0 Å². The SMILES string of the molecule is CCCCCC[C@H](NC(=O)/C(=C\c1ccc(F)cc1)NC(=O)c1ccc(Br)cc1)C(=O)O. The quantitative estimate of drug-likeness (QED) is 0.299. The molecule has 0 spiro atoms. The number of nitrogens with one attached hydrogen (secondary N) is 2. The van der Waals surface area contributed by atoms with Crippen LogP contribution in [0, 0.1) is 5.82 Å². The number of rotatable bonds is 11. The molecule has 0 aliphatic rings. The number of unbranched alkanes of at least 4 members (excludes halogenated alkanes) is 3. The van der Waals surface area contributed by atoms with Gasteiger partial charge in [0.25, 0.3) is 11.8 Å².